The van der Waals surface area contributed by atoms with E-state index in [4.69, 9.17) is 11.6 Å². The van der Waals surface area contributed by atoms with Crippen LogP contribution in [0.5, 0.6) is 0 Å². The summed E-state index contributed by atoms with van der Waals surface area (Å²) in [5, 5.41) is 3.03. The topological polar surface area (TPSA) is 12.0 Å². The van der Waals surface area contributed by atoms with E-state index in [1.54, 1.807) is 0 Å². The van der Waals surface area contributed by atoms with Crippen molar-refractivity contribution >= 4 is 17.3 Å². The Morgan fingerprint density at radius 3 is 2.22 bits per heavy atom. The number of halogens is 4. The zero-order valence-electron chi connectivity index (χ0n) is 9.18. The molecule has 94 valence electrons. The number of benzene rings is 2. The van der Waals surface area contributed by atoms with Gasteiger partial charge in [0.2, 0.25) is 0 Å². The first-order valence-corrected chi connectivity index (χ1v) is 5.56. The number of nitrogens with one attached hydrogen (secondary N) is 1. The van der Waals surface area contributed by atoms with Gasteiger partial charge in [-0.2, -0.15) is 0 Å². The van der Waals surface area contributed by atoms with Crippen LogP contribution in [-0.2, 0) is 6.54 Å². The van der Waals surface area contributed by atoms with Crippen LogP contribution in [0.2, 0.25) is 5.02 Å². The van der Waals surface area contributed by atoms with Crippen molar-refractivity contribution in [2.75, 3.05) is 5.32 Å². The maximum atomic E-state index is 13.4. The van der Waals surface area contributed by atoms with Crippen LogP contribution in [0.25, 0.3) is 0 Å². The van der Waals surface area contributed by atoms with Gasteiger partial charge < -0.3 is 5.32 Å². The molecule has 0 fully saturated rings. The molecule has 0 unspecified atom stereocenters. The molecule has 0 aliphatic rings. The SMILES string of the molecule is Fc1cc(F)cc(CNc2ccc(Cl)cc2F)c1. The van der Waals surface area contributed by atoms with Crippen molar-refractivity contribution in [1.29, 1.82) is 0 Å². The molecule has 0 atom stereocenters. The number of hydrogen-bond acceptors (Lipinski definition) is 1. The molecule has 0 aliphatic carbocycles. The summed E-state index contributed by atoms with van der Waals surface area (Å²) in [5.41, 5.74) is 0.617. The van der Waals surface area contributed by atoms with Crippen LogP contribution in [0.1, 0.15) is 5.56 Å². The van der Waals surface area contributed by atoms with Gasteiger partial charge in [0.1, 0.15) is 17.5 Å². The van der Waals surface area contributed by atoms with E-state index in [1.165, 1.54) is 24.3 Å². The van der Waals surface area contributed by atoms with Gasteiger partial charge in [-0.1, -0.05) is 11.6 Å². The van der Waals surface area contributed by atoms with Gasteiger partial charge >= 0.3 is 0 Å². The minimum Gasteiger partial charge on any atom is -0.379 e. The molecule has 0 aliphatic heterocycles. The van der Waals surface area contributed by atoms with Crippen molar-refractivity contribution < 1.29 is 13.2 Å². The molecule has 0 spiro atoms. The summed E-state index contributed by atoms with van der Waals surface area (Å²) in [7, 11) is 0. The minimum atomic E-state index is -0.664. The second kappa shape index (κ2) is 5.31. The van der Waals surface area contributed by atoms with Gasteiger partial charge in [-0.15, -0.1) is 0 Å². The van der Waals surface area contributed by atoms with Crippen molar-refractivity contribution in [1.82, 2.24) is 0 Å². The summed E-state index contributed by atoms with van der Waals surface area (Å²) >= 11 is 5.61. The molecular formula is C13H9ClF3N. The molecule has 0 saturated heterocycles. The Labute approximate surface area is 107 Å². The molecular weight excluding hydrogens is 263 g/mol. The molecule has 0 aromatic heterocycles. The van der Waals surface area contributed by atoms with Crippen LogP contribution in [0.4, 0.5) is 18.9 Å². The van der Waals surface area contributed by atoms with Gasteiger partial charge in [-0.05, 0) is 35.9 Å². The third-order valence-electron chi connectivity index (χ3n) is 2.34. The Morgan fingerprint density at radius 1 is 0.944 bits per heavy atom. The van der Waals surface area contributed by atoms with Gasteiger partial charge in [0.05, 0.1) is 5.69 Å². The molecule has 5 heteroatoms. The fraction of sp³-hybridized carbons (Fsp3) is 0.0769. The summed E-state index contributed by atoms with van der Waals surface area (Å²) in [6, 6.07) is 7.31. The van der Waals surface area contributed by atoms with Gasteiger partial charge in [0.15, 0.2) is 0 Å². The van der Waals surface area contributed by atoms with E-state index in [9.17, 15) is 13.2 Å². The van der Waals surface area contributed by atoms with Gasteiger partial charge in [-0.3, -0.25) is 0 Å². The minimum absolute atomic E-state index is 0.118. The lowest BCUT2D eigenvalue weighted by molar-refractivity contribution is 0.580. The molecule has 2 aromatic rings. The highest BCUT2D eigenvalue weighted by Gasteiger charge is 2.04. The molecule has 2 rings (SSSR count). The second-order valence-electron chi connectivity index (χ2n) is 3.76. The molecule has 1 nitrogen and oxygen atoms in total. The third kappa shape index (κ3) is 3.17. The number of hydrogen-bond donors (Lipinski definition) is 1. The monoisotopic (exact) mass is 271 g/mol. The summed E-state index contributed by atoms with van der Waals surface area (Å²) in [6.45, 7) is 0.118. The zero-order chi connectivity index (χ0) is 13.1. The fourth-order valence-corrected chi connectivity index (χ4v) is 1.70. The van der Waals surface area contributed by atoms with Crippen molar-refractivity contribution in [2.45, 2.75) is 6.54 Å². The smallest absolute Gasteiger partial charge is 0.147 e. The molecule has 0 radical (unpaired) electrons. The summed E-state index contributed by atoms with van der Waals surface area (Å²) < 4.78 is 39.3. The van der Waals surface area contributed by atoms with E-state index in [-0.39, 0.29) is 17.3 Å². The van der Waals surface area contributed by atoms with Gasteiger partial charge in [0.25, 0.3) is 0 Å². The molecule has 1 N–H and O–H groups in total. The lowest BCUT2D eigenvalue weighted by Crippen LogP contribution is -2.02. The predicted molar refractivity (Wildman–Crippen MR) is 65.1 cm³/mol. The Morgan fingerprint density at radius 2 is 1.61 bits per heavy atom. The van der Waals surface area contributed by atoms with Crippen molar-refractivity contribution in [2.24, 2.45) is 0 Å². The van der Waals surface area contributed by atoms with Crippen molar-refractivity contribution in [3.63, 3.8) is 0 Å². The standard InChI is InChI=1S/C13H9ClF3N/c14-9-1-2-13(12(17)5-9)18-7-8-3-10(15)6-11(16)4-8/h1-6,18H,7H2. The fourth-order valence-electron chi connectivity index (χ4n) is 1.54. The van der Waals surface area contributed by atoms with Crippen LogP contribution in [0, 0.1) is 17.5 Å². The highest BCUT2D eigenvalue weighted by Crippen LogP contribution is 2.19. The Hall–Kier alpha value is -1.68. The third-order valence-corrected chi connectivity index (χ3v) is 2.57. The number of anilines is 1. The van der Waals surface area contributed by atoms with Gasteiger partial charge in [0, 0.05) is 17.6 Å². The quantitative estimate of drug-likeness (QED) is 0.874. The first-order valence-electron chi connectivity index (χ1n) is 5.18. The van der Waals surface area contributed by atoms with Crippen LogP contribution < -0.4 is 5.32 Å². The highest BCUT2D eigenvalue weighted by molar-refractivity contribution is 6.30. The van der Waals surface area contributed by atoms with Crippen LogP contribution in [-0.4, -0.2) is 0 Å². The Kier molecular flexibility index (Phi) is 3.77. The summed E-state index contributed by atoms with van der Waals surface area (Å²) in [5.74, 6) is -1.84. The molecule has 2 aromatic carbocycles. The highest BCUT2D eigenvalue weighted by atomic mass is 35.5. The van der Waals surface area contributed by atoms with E-state index in [1.807, 2.05) is 0 Å². The first-order chi connectivity index (χ1) is 8.54. The van der Waals surface area contributed by atoms with E-state index in [0.29, 0.717) is 5.56 Å². The van der Waals surface area contributed by atoms with Gasteiger partial charge in [-0.25, -0.2) is 13.2 Å². The van der Waals surface area contributed by atoms with E-state index >= 15 is 0 Å². The average molecular weight is 272 g/mol. The Balaban J connectivity index is 2.11. The molecule has 0 amide bonds. The maximum absolute atomic E-state index is 13.4. The lowest BCUT2D eigenvalue weighted by atomic mass is 10.2. The second-order valence-corrected chi connectivity index (χ2v) is 4.19. The largest absolute Gasteiger partial charge is 0.379 e. The van der Waals surface area contributed by atoms with E-state index in [2.05, 4.69) is 5.32 Å². The number of rotatable bonds is 3. The molecule has 0 bridgehead atoms. The normalized spacial score (nSPS) is 10.4. The predicted octanol–water partition coefficient (Wildman–Crippen LogP) is 4.37. The van der Waals surface area contributed by atoms with Crippen LogP contribution in [0.15, 0.2) is 36.4 Å². The first kappa shape index (κ1) is 12.8. The molecule has 0 heterocycles. The maximum Gasteiger partial charge on any atom is 0.147 e. The Bertz CT molecular complexity index is 552. The van der Waals surface area contributed by atoms with E-state index in [0.717, 1.165) is 12.1 Å². The van der Waals surface area contributed by atoms with Crippen molar-refractivity contribution in [3.8, 4) is 0 Å². The zero-order valence-corrected chi connectivity index (χ0v) is 9.94. The summed E-state index contributed by atoms with van der Waals surface area (Å²) in [6.07, 6.45) is 0. The van der Waals surface area contributed by atoms with Crippen LogP contribution in [0.3, 0.4) is 0 Å². The average Bonchev–Trinajstić information content (AvgIpc) is 2.26. The summed E-state index contributed by atoms with van der Waals surface area (Å²) in [4.78, 5) is 0. The van der Waals surface area contributed by atoms with Crippen molar-refractivity contribution in [3.05, 3.63) is 64.4 Å². The van der Waals surface area contributed by atoms with E-state index < -0.39 is 17.5 Å². The molecule has 0 saturated carbocycles. The lowest BCUT2D eigenvalue weighted by Gasteiger charge is -2.08. The van der Waals surface area contributed by atoms with Crippen LogP contribution >= 0.6 is 11.6 Å². The molecule has 18 heavy (non-hydrogen) atoms.